The molecule has 6 rings (SSSR count). The Balaban J connectivity index is 1.35. The second kappa shape index (κ2) is 11.3. The number of hydrogen-bond acceptors (Lipinski definition) is 7. The van der Waals surface area contributed by atoms with Crippen LogP contribution in [0.25, 0.3) is 33.5 Å². The number of aromatic carboxylic acids is 1. The molecule has 9 nitrogen and oxygen atoms in total. The van der Waals surface area contributed by atoms with E-state index >= 15 is 0 Å². The van der Waals surface area contributed by atoms with Crippen molar-refractivity contribution >= 4 is 50.0 Å². The first kappa shape index (κ1) is 27.0. The summed E-state index contributed by atoms with van der Waals surface area (Å²) in [5.41, 5.74) is 2.49. The lowest BCUT2D eigenvalue weighted by molar-refractivity contribution is 0.0697. The lowest BCUT2D eigenvalue weighted by atomic mass is 10.1. The number of methoxy groups -OCH3 is 1. The minimum absolute atomic E-state index is 0.196. The van der Waals surface area contributed by atoms with E-state index in [1.165, 1.54) is 30.1 Å². The number of nitrogens with zero attached hydrogens (tertiary/aromatic N) is 3. The van der Waals surface area contributed by atoms with Crippen LogP contribution in [0.4, 0.5) is 0 Å². The molecule has 10 heteroatoms. The van der Waals surface area contributed by atoms with Gasteiger partial charge in [0.25, 0.3) is 5.56 Å². The Labute approximate surface area is 247 Å². The molecule has 6 aromatic rings. The number of fused-ring (bicyclic) bond motifs is 2. The third-order valence-electron chi connectivity index (χ3n) is 6.56. The molecule has 0 aliphatic rings. The largest absolute Gasteiger partial charge is 0.493 e. The molecule has 4 aromatic carbocycles. The van der Waals surface area contributed by atoms with E-state index in [1.54, 1.807) is 42.5 Å². The molecule has 0 saturated carbocycles. The lowest BCUT2D eigenvalue weighted by Gasteiger charge is -2.14. The van der Waals surface area contributed by atoms with Gasteiger partial charge in [0.05, 0.1) is 34.3 Å². The third kappa shape index (κ3) is 5.27. The van der Waals surface area contributed by atoms with Gasteiger partial charge in [-0.15, -0.1) is 0 Å². The van der Waals surface area contributed by atoms with E-state index in [9.17, 15) is 9.59 Å². The zero-order valence-electron chi connectivity index (χ0n) is 22.2. The van der Waals surface area contributed by atoms with Gasteiger partial charge in [-0.1, -0.05) is 42.5 Å². The van der Waals surface area contributed by atoms with Crippen LogP contribution in [0.2, 0.25) is 0 Å². The van der Waals surface area contributed by atoms with Crippen molar-refractivity contribution in [1.29, 1.82) is 0 Å². The van der Waals surface area contributed by atoms with Gasteiger partial charge in [-0.05, 0) is 75.6 Å². The number of rotatable bonds is 8. The van der Waals surface area contributed by atoms with Gasteiger partial charge in [-0.3, -0.25) is 4.79 Å². The van der Waals surface area contributed by atoms with Gasteiger partial charge in [0, 0.05) is 5.39 Å². The normalized spacial score (nSPS) is 11.4. The Morgan fingerprint density at radius 3 is 2.57 bits per heavy atom. The van der Waals surface area contributed by atoms with E-state index in [0.717, 1.165) is 10.9 Å². The summed E-state index contributed by atoms with van der Waals surface area (Å²) in [5, 5.41) is 14.9. The smallest absolute Gasteiger partial charge is 0.335 e. The summed E-state index contributed by atoms with van der Waals surface area (Å²) in [5.74, 6) is 0.593. The van der Waals surface area contributed by atoms with Crippen LogP contribution in [-0.2, 0) is 6.61 Å². The Bertz CT molecular complexity index is 2010. The van der Waals surface area contributed by atoms with Crippen LogP contribution in [0.1, 0.15) is 21.5 Å². The minimum atomic E-state index is -0.990. The van der Waals surface area contributed by atoms with Gasteiger partial charge in [-0.2, -0.15) is 9.78 Å². The lowest BCUT2D eigenvalue weighted by Crippen LogP contribution is -2.20. The summed E-state index contributed by atoms with van der Waals surface area (Å²) in [4.78, 5) is 29.4. The molecule has 1 N–H and O–H groups in total. The van der Waals surface area contributed by atoms with Gasteiger partial charge in [-0.25, -0.2) is 9.78 Å². The molecule has 0 saturated heterocycles. The highest BCUT2D eigenvalue weighted by atomic mass is 79.9. The third-order valence-corrected chi connectivity index (χ3v) is 7.15. The summed E-state index contributed by atoms with van der Waals surface area (Å²) in [6.45, 7) is 0.196. The van der Waals surface area contributed by atoms with Crippen molar-refractivity contribution in [2.75, 3.05) is 7.11 Å². The number of furan rings is 1. The molecule has 2 heterocycles. The molecule has 0 aliphatic heterocycles. The van der Waals surface area contributed by atoms with Crippen molar-refractivity contribution in [3.8, 4) is 23.1 Å². The van der Waals surface area contributed by atoms with E-state index in [-0.39, 0.29) is 23.6 Å². The fourth-order valence-electron chi connectivity index (χ4n) is 4.46. The zero-order valence-corrected chi connectivity index (χ0v) is 23.7. The summed E-state index contributed by atoms with van der Waals surface area (Å²) in [6, 6.07) is 26.4. The summed E-state index contributed by atoms with van der Waals surface area (Å²) >= 11 is 3.55. The number of carboxylic acid groups (broad SMARTS) is 1. The van der Waals surface area contributed by atoms with Gasteiger partial charge < -0.3 is 19.0 Å². The maximum absolute atomic E-state index is 13.6. The van der Waals surface area contributed by atoms with E-state index < -0.39 is 5.97 Å². The number of hydrogen-bond donors (Lipinski definition) is 1. The fraction of sp³-hybridized carbons (Fsp3) is 0.0625. The predicted octanol–water partition coefficient (Wildman–Crippen LogP) is 6.74. The van der Waals surface area contributed by atoms with Crippen molar-refractivity contribution in [3.05, 3.63) is 123 Å². The fourth-order valence-corrected chi connectivity index (χ4v) is 5.03. The molecule has 0 aliphatic carbocycles. The number of benzene rings is 4. The number of halogens is 1. The molecule has 0 atom stereocenters. The first-order chi connectivity index (χ1) is 20.4. The van der Waals surface area contributed by atoms with Crippen LogP contribution in [0.15, 0.2) is 110 Å². The highest BCUT2D eigenvalue weighted by molar-refractivity contribution is 9.10. The molecule has 0 bridgehead atoms. The van der Waals surface area contributed by atoms with E-state index in [0.29, 0.717) is 43.8 Å². The average molecular weight is 624 g/mol. The number of para-hydroxylation sites is 2. The van der Waals surface area contributed by atoms with Crippen molar-refractivity contribution in [1.82, 2.24) is 9.66 Å². The molecular formula is C32H22BrN3O6. The highest BCUT2D eigenvalue weighted by Crippen LogP contribution is 2.37. The zero-order chi connectivity index (χ0) is 29.2. The van der Waals surface area contributed by atoms with Crippen LogP contribution in [0, 0.1) is 0 Å². The molecule has 0 spiro atoms. The Kier molecular flexibility index (Phi) is 7.28. The monoisotopic (exact) mass is 623 g/mol. The maximum atomic E-state index is 13.6. The van der Waals surface area contributed by atoms with E-state index in [1.807, 2.05) is 36.4 Å². The summed E-state index contributed by atoms with van der Waals surface area (Å²) in [6.07, 6.45) is 1.53. The molecule has 208 valence electrons. The Morgan fingerprint density at radius 1 is 1.05 bits per heavy atom. The summed E-state index contributed by atoms with van der Waals surface area (Å²) < 4.78 is 19.4. The van der Waals surface area contributed by atoms with Gasteiger partial charge >= 0.3 is 5.97 Å². The van der Waals surface area contributed by atoms with Crippen molar-refractivity contribution < 1.29 is 23.8 Å². The number of carbonyl (C=O) groups is 1. The predicted molar refractivity (Wildman–Crippen MR) is 163 cm³/mol. The van der Waals surface area contributed by atoms with Crippen molar-refractivity contribution in [2.24, 2.45) is 5.10 Å². The number of ether oxygens (including phenoxy) is 2. The summed E-state index contributed by atoms with van der Waals surface area (Å²) in [7, 11) is 1.52. The van der Waals surface area contributed by atoms with Gasteiger partial charge in [0.1, 0.15) is 12.2 Å². The quantitative estimate of drug-likeness (QED) is 0.187. The molecular weight excluding hydrogens is 602 g/mol. The van der Waals surface area contributed by atoms with Crippen LogP contribution in [-0.4, -0.2) is 34.1 Å². The van der Waals surface area contributed by atoms with Crippen LogP contribution in [0.5, 0.6) is 11.5 Å². The molecule has 2 aromatic heterocycles. The van der Waals surface area contributed by atoms with Crippen molar-refractivity contribution in [3.63, 3.8) is 0 Å². The first-order valence-electron chi connectivity index (χ1n) is 12.8. The molecule has 42 heavy (non-hydrogen) atoms. The standard InChI is InChI=1S/C32H22BrN3O6/c1-40-27-15-20(14-24(33)29(27)41-18-19-10-12-21(13-11-19)32(38)39)17-34-36-30(28-16-22-6-2-5-9-26(22)42-28)35-25-8-4-3-7-23(25)31(36)37/h2-17H,18H2,1H3,(H,38,39). The number of carboxylic acids is 1. The van der Waals surface area contributed by atoms with Crippen LogP contribution in [0.3, 0.4) is 0 Å². The minimum Gasteiger partial charge on any atom is -0.493 e. The topological polar surface area (TPSA) is 116 Å². The second-order valence-corrected chi connectivity index (χ2v) is 10.1. The Morgan fingerprint density at radius 2 is 1.81 bits per heavy atom. The van der Waals surface area contributed by atoms with E-state index in [4.69, 9.17) is 24.0 Å². The highest BCUT2D eigenvalue weighted by Gasteiger charge is 2.17. The SMILES string of the molecule is COc1cc(C=Nn2c(-c3cc4ccccc4o3)nc3ccccc3c2=O)cc(Br)c1OCc1ccc(C(=O)O)cc1. The molecule has 0 fully saturated rings. The van der Waals surface area contributed by atoms with E-state index in [2.05, 4.69) is 21.0 Å². The maximum Gasteiger partial charge on any atom is 0.335 e. The van der Waals surface area contributed by atoms with Crippen LogP contribution >= 0.6 is 15.9 Å². The average Bonchev–Trinajstić information content (AvgIpc) is 3.44. The van der Waals surface area contributed by atoms with Crippen LogP contribution < -0.4 is 15.0 Å². The molecule has 0 radical (unpaired) electrons. The second-order valence-electron chi connectivity index (χ2n) is 9.29. The van der Waals surface area contributed by atoms with Crippen molar-refractivity contribution in [2.45, 2.75) is 6.61 Å². The van der Waals surface area contributed by atoms with Gasteiger partial charge in [0.2, 0.25) is 5.82 Å². The molecule has 0 amide bonds. The molecule has 0 unspecified atom stereocenters. The van der Waals surface area contributed by atoms with Gasteiger partial charge in [0.15, 0.2) is 17.3 Å². The Hall–Kier alpha value is -5.22. The number of aromatic nitrogens is 2. The first-order valence-corrected chi connectivity index (χ1v) is 13.6.